The minimum Gasteiger partial charge on any atom is -0.339 e. The van der Waals surface area contributed by atoms with Crippen LogP contribution in [-0.4, -0.2) is 33.4 Å². The topological polar surface area (TPSA) is 38.1 Å². The number of fused-ring (bicyclic) bond motifs is 1. The summed E-state index contributed by atoms with van der Waals surface area (Å²) in [4.78, 5) is 18.2. The van der Waals surface area contributed by atoms with Gasteiger partial charge in [0.05, 0.1) is 11.0 Å². The number of carbonyl (C=O) groups excluding carboxylic acids is 1. The lowest BCUT2D eigenvalue weighted by atomic mass is 10.1. The van der Waals surface area contributed by atoms with Gasteiger partial charge < -0.3 is 9.47 Å². The molecular formula is C13H16ClN3O. The fourth-order valence-corrected chi connectivity index (χ4v) is 2.17. The van der Waals surface area contributed by atoms with Crippen LogP contribution in [-0.2, 0) is 7.05 Å². The molecule has 0 spiro atoms. The highest BCUT2D eigenvalue weighted by atomic mass is 35.5. The van der Waals surface area contributed by atoms with Crippen molar-refractivity contribution in [2.75, 3.05) is 13.1 Å². The molecule has 0 N–H and O–H groups in total. The molecule has 0 saturated heterocycles. The van der Waals surface area contributed by atoms with Crippen LogP contribution in [0.25, 0.3) is 11.0 Å². The molecule has 2 aromatic rings. The monoisotopic (exact) mass is 265 g/mol. The molecule has 2 rings (SSSR count). The lowest BCUT2D eigenvalue weighted by Crippen LogP contribution is -2.30. The maximum atomic E-state index is 12.2. The van der Waals surface area contributed by atoms with E-state index in [0.717, 1.165) is 11.0 Å². The van der Waals surface area contributed by atoms with Crippen LogP contribution in [0.15, 0.2) is 18.2 Å². The van der Waals surface area contributed by atoms with E-state index in [-0.39, 0.29) is 5.91 Å². The Kier molecular flexibility index (Phi) is 3.57. The maximum absolute atomic E-state index is 12.2. The summed E-state index contributed by atoms with van der Waals surface area (Å²) >= 11 is 5.96. The largest absolute Gasteiger partial charge is 0.339 e. The van der Waals surface area contributed by atoms with E-state index in [1.807, 2.05) is 33.0 Å². The van der Waals surface area contributed by atoms with Crippen molar-refractivity contribution in [2.24, 2.45) is 7.05 Å². The highest BCUT2D eigenvalue weighted by molar-refractivity contribution is 6.29. The molecular weight excluding hydrogens is 250 g/mol. The highest BCUT2D eigenvalue weighted by Crippen LogP contribution is 2.20. The number of rotatable bonds is 3. The smallest absolute Gasteiger partial charge is 0.253 e. The fraction of sp³-hybridized carbons (Fsp3) is 0.385. The van der Waals surface area contributed by atoms with E-state index in [1.165, 1.54) is 0 Å². The SMILES string of the molecule is CCN(CC)C(=O)c1ccc2nc(Cl)n(C)c2c1. The van der Waals surface area contributed by atoms with Crippen molar-refractivity contribution < 1.29 is 4.79 Å². The van der Waals surface area contributed by atoms with Gasteiger partial charge in [-0.3, -0.25) is 4.79 Å². The van der Waals surface area contributed by atoms with Gasteiger partial charge in [0.15, 0.2) is 0 Å². The van der Waals surface area contributed by atoms with Gasteiger partial charge in [-0.15, -0.1) is 0 Å². The Morgan fingerprint density at radius 1 is 1.39 bits per heavy atom. The Hall–Kier alpha value is -1.55. The van der Waals surface area contributed by atoms with Crippen molar-refractivity contribution in [3.05, 3.63) is 29.0 Å². The van der Waals surface area contributed by atoms with Crippen LogP contribution < -0.4 is 0 Å². The Morgan fingerprint density at radius 3 is 2.67 bits per heavy atom. The number of benzene rings is 1. The van der Waals surface area contributed by atoms with E-state index in [4.69, 9.17) is 11.6 Å². The molecule has 0 aliphatic carbocycles. The molecule has 96 valence electrons. The number of hydrogen-bond acceptors (Lipinski definition) is 2. The summed E-state index contributed by atoms with van der Waals surface area (Å²) in [7, 11) is 1.84. The summed E-state index contributed by atoms with van der Waals surface area (Å²) in [5, 5.41) is 0.428. The Labute approximate surface area is 111 Å². The summed E-state index contributed by atoms with van der Waals surface area (Å²) in [6, 6.07) is 5.47. The van der Waals surface area contributed by atoms with Crippen molar-refractivity contribution in [2.45, 2.75) is 13.8 Å². The van der Waals surface area contributed by atoms with Crippen molar-refractivity contribution in [3.8, 4) is 0 Å². The van der Waals surface area contributed by atoms with E-state index in [0.29, 0.717) is 23.9 Å². The first kappa shape index (κ1) is 12.9. The molecule has 0 atom stereocenters. The molecule has 1 aromatic heterocycles. The van der Waals surface area contributed by atoms with Crippen LogP contribution in [0.4, 0.5) is 0 Å². The summed E-state index contributed by atoms with van der Waals surface area (Å²) in [5.41, 5.74) is 2.35. The fourth-order valence-electron chi connectivity index (χ4n) is 1.99. The lowest BCUT2D eigenvalue weighted by molar-refractivity contribution is 0.0773. The maximum Gasteiger partial charge on any atom is 0.253 e. The second kappa shape index (κ2) is 4.98. The second-order valence-electron chi connectivity index (χ2n) is 4.12. The van der Waals surface area contributed by atoms with E-state index >= 15 is 0 Å². The van der Waals surface area contributed by atoms with Crippen LogP contribution in [0.3, 0.4) is 0 Å². The standard InChI is InChI=1S/C13H16ClN3O/c1-4-17(5-2)12(18)9-6-7-10-11(8-9)16(3)13(14)15-10/h6-8H,4-5H2,1-3H3. The average Bonchev–Trinajstić information content (AvgIpc) is 2.66. The number of nitrogens with zero attached hydrogens (tertiary/aromatic N) is 3. The van der Waals surface area contributed by atoms with Crippen LogP contribution >= 0.6 is 11.6 Å². The summed E-state index contributed by atoms with van der Waals surface area (Å²) in [5.74, 6) is 0.0409. The minimum absolute atomic E-state index is 0.0409. The molecule has 18 heavy (non-hydrogen) atoms. The first-order valence-corrected chi connectivity index (χ1v) is 6.37. The van der Waals surface area contributed by atoms with Gasteiger partial charge in [0.2, 0.25) is 5.28 Å². The predicted octanol–water partition coefficient (Wildman–Crippen LogP) is 2.71. The molecule has 4 nitrogen and oxygen atoms in total. The third kappa shape index (κ3) is 2.08. The third-order valence-corrected chi connectivity index (χ3v) is 3.46. The van der Waals surface area contributed by atoms with Gasteiger partial charge >= 0.3 is 0 Å². The van der Waals surface area contributed by atoms with Crippen molar-refractivity contribution in [1.29, 1.82) is 0 Å². The van der Waals surface area contributed by atoms with Crippen LogP contribution in [0.1, 0.15) is 24.2 Å². The number of imidazole rings is 1. The molecule has 0 bridgehead atoms. The lowest BCUT2D eigenvalue weighted by Gasteiger charge is -2.18. The van der Waals surface area contributed by atoms with Gasteiger partial charge in [0, 0.05) is 25.7 Å². The molecule has 0 aliphatic heterocycles. The molecule has 0 saturated carbocycles. The Bertz CT molecular complexity index is 587. The van der Waals surface area contributed by atoms with Gasteiger partial charge in [-0.1, -0.05) is 0 Å². The zero-order valence-electron chi connectivity index (χ0n) is 10.8. The van der Waals surface area contributed by atoms with Crippen LogP contribution in [0, 0.1) is 0 Å². The Morgan fingerprint density at radius 2 is 2.06 bits per heavy atom. The average molecular weight is 266 g/mol. The normalized spacial score (nSPS) is 10.9. The quantitative estimate of drug-likeness (QED) is 0.856. The molecule has 0 radical (unpaired) electrons. The first-order chi connectivity index (χ1) is 8.58. The van der Waals surface area contributed by atoms with E-state index in [9.17, 15) is 4.79 Å². The minimum atomic E-state index is 0.0409. The molecule has 1 heterocycles. The highest BCUT2D eigenvalue weighted by Gasteiger charge is 2.14. The van der Waals surface area contributed by atoms with Crippen molar-refractivity contribution in [1.82, 2.24) is 14.5 Å². The molecule has 0 unspecified atom stereocenters. The molecule has 1 amide bonds. The number of amides is 1. The van der Waals surface area contributed by atoms with Crippen molar-refractivity contribution >= 4 is 28.5 Å². The second-order valence-corrected chi connectivity index (χ2v) is 4.46. The number of hydrogen-bond donors (Lipinski definition) is 0. The number of carbonyl (C=O) groups is 1. The van der Waals surface area contributed by atoms with Crippen molar-refractivity contribution in [3.63, 3.8) is 0 Å². The van der Waals surface area contributed by atoms with Crippen LogP contribution in [0.5, 0.6) is 0 Å². The Balaban J connectivity index is 2.46. The molecule has 1 aromatic carbocycles. The van der Waals surface area contributed by atoms with Gasteiger partial charge in [0.25, 0.3) is 5.91 Å². The third-order valence-electron chi connectivity index (χ3n) is 3.12. The van der Waals surface area contributed by atoms with Crippen LogP contribution in [0.2, 0.25) is 5.28 Å². The first-order valence-electron chi connectivity index (χ1n) is 5.99. The van der Waals surface area contributed by atoms with Gasteiger partial charge in [-0.2, -0.15) is 0 Å². The van der Waals surface area contributed by atoms with E-state index in [2.05, 4.69) is 4.98 Å². The number of halogens is 1. The summed E-state index contributed by atoms with van der Waals surface area (Å²) in [6.45, 7) is 5.36. The zero-order valence-corrected chi connectivity index (χ0v) is 11.5. The zero-order chi connectivity index (χ0) is 13.3. The summed E-state index contributed by atoms with van der Waals surface area (Å²) in [6.07, 6.45) is 0. The van der Waals surface area contributed by atoms with Gasteiger partial charge in [-0.05, 0) is 43.6 Å². The molecule has 0 fully saturated rings. The number of aromatic nitrogens is 2. The molecule has 5 heteroatoms. The predicted molar refractivity (Wildman–Crippen MR) is 73.0 cm³/mol. The van der Waals surface area contributed by atoms with Gasteiger partial charge in [0.1, 0.15) is 0 Å². The molecule has 0 aliphatic rings. The number of aryl methyl sites for hydroxylation is 1. The summed E-state index contributed by atoms with van der Waals surface area (Å²) < 4.78 is 1.77. The van der Waals surface area contributed by atoms with E-state index in [1.54, 1.807) is 15.5 Å². The van der Waals surface area contributed by atoms with Gasteiger partial charge in [-0.25, -0.2) is 4.98 Å². The van der Waals surface area contributed by atoms with E-state index < -0.39 is 0 Å².